The van der Waals surface area contributed by atoms with Crippen LogP contribution in [0.5, 0.6) is 0 Å². The first-order valence-corrected chi connectivity index (χ1v) is 5.73. The van der Waals surface area contributed by atoms with Crippen LogP contribution in [0.15, 0.2) is 23.8 Å². The third-order valence-electron chi connectivity index (χ3n) is 3.43. The summed E-state index contributed by atoms with van der Waals surface area (Å²) in [6.07, 6.45) is 2.38. The Bertz CT molecular complexity index is 416. The van der Waals surface area contributed by atoms with Crippen molar-refractivity contribution in [3.63, 3.8) is 0 Å². The van der Waals surface area contributed by atoms with Gasteiger partial charge in [-0.3, -0.25) is 0 Å². The Morgan fingerprint density at radius 3 is 2.33 bits per heavy atom. The molecule has 1 aliphatic rings. The molecule has 0 aromatic heterocycles. The van der Waals surface area contributed by atoms with Crippen LogP contribution in [0.1, 0.15) is 50.3 Å². The van der Waals surface area contributed by atoms with Gasteiger partial charge < -0.3 is 0 Å². The van der Waals surface area contributed by atoms with Gasteiger partial charge in [0.15, 0.2) is 0 Å². The molecule has 0 bridgehead atoms. The van der Waals surface area contributed by atoms with E-state index < -0.39 is 0 Å². The first kappa shape index (κ1) is 10.5. The number of hydrogen-bond acceptors (Lipinski definition) is 0. The van der Waals surface area contributed by atoms with Gasteiger partial charge >= 0.3 is 0 Å². The van der Waals surface area contributed by atoms with Gasteiger partial charge in [-0.25, -0.2) is 0 Å². The molecule has 0 N–H and O–H groups in total. The normalized spacial score (nSPS) is 20.1. The van der Waals surface area contributed by atoms with Gasteiger partial charge in [0.05, 0.1) is 0 Å². The molecule has 1 aliphatic carbocycles. The third-order valence-corrected chi connectivity index (χ3v) is 3.43. The summed E-state index contributed by atoms with van der Waals surface area (Å²) in [5.41, 5.74) is 6.22. The van der Waals surface area contributed by atoms with E-state index in [-0.39, 0.29) is 5.41 Å². The Kier molecular flexibility index (Phi) is 2.26. The summed E-state index contributed by atoms with van der Waals surface area (Å²) in [4.78, 5) is 0. The molecule has 0 saturated carbocycles. The monoisotopic (exact) mass is 200 g/mol. The highest BCUT2D eigenvalue weighted by Crippen LogP contribution is 2.45. The number of fused-ring (bicyclic) bond motifs is 1. The summed E-state index contributed by atoms with van der Waals surface area (Å²) in [6, 6.07) is 6.61. The second-order valence-electron chi connectivity index (χ2n) is 5.65. The molecule has 0 spiro atoms. The standard InChI is InChI=1S/C15H20/c1-10-7-6-8-12-9-13(15(3,4)5)11(2)14(10)12/h6-9,11H,1-5H3. The fourth-order valence-electron chi connectivity index (χ4n) is 2.73. The lowest BCUT2D eigenvalue weighted by Gasteiger charge is -2.25. The van der Waals surface area contributed by atoms with Crippen LogP contribution in [0, 0.1) is 12.3 Å². The Morgan fingerprint density at radius 1 is 1.13 bits per heavy atom. The van der Waals surface area contributed by atoms with Crippen molar-refractivity contribution >= 4 is 6.08 Å². The molecule has 1 aromatic carbocycles. The number of allylic oxidation sites excluding steroid dienone is 1. The van der Waals surface area contributed by atoms with Crippen LogP contribution in [0.3, 0.4) is 0 Å². The van der Waals surface area contributed by atoms with Crippen molar-refractivity contribution in [2.75, 3.05) is 0 Å². The van der Waals surface area contributed by atoms with Crippen LogP contribution in [0.2, 0.25) is 0 Å². The van der Waals surface area contributed by atoms with Gasteiger partial charge in [0.1, 0.15) is 0 Å². The Morgan fingerprint density at radius 2 is 1.80 bits per heavy atom. The quantitative estimate of drug-likeness (QED) is 0.576. The molecule has 0 heterocycles. The fourth-order valence-corrected chi connectivity index (χ4v) is 2.73. The van der Waals surface area contributed by atoms with Crippen molar-refractivity contribution in [3.05, 3.63) is 40.5 Å². The zero-order valence-electron chi connectivity index (χ0n) is 10.4. The fraction of sp³-hybridized carbons (Fsp3) is 0.467. The number of hydrogen-bond donors (Lipinski definition) is 0. The van der Waals surface area contributed by atoms with Gasteiger partial charge in [-0.2, -0.15) is 0 Å². The minimum absolute atomic E-state index is 0.283. The van der Waals surface area contributed by atoms with E-state index in [1.165, 1.54) is 16.7 Å². The molecule has 1 atom stereocenters. The average molecular weight is 200 g/mol. The molecule has 80 valence electrons. The Hall–Kier alpha value is -1.04. The van der Waals surface area contributed by atoms with Crippen molar-refractivity contribution in [2.45, 2.75) is 40.5 Å². The molecule has 15 heavy (non-hydrogen) atoms. The summed E-state index contributed by atoms with van der Waals surface area (Å²) in [7, 11) is 0. The van der Waals surface area contributed by atoms with Crippen LogP contribution in [-0.4, -0.2) is 0 Å². The lowest BCUT2D eigenvalue weighted by Crippen LogP contribution is -2.12. The molecule has 0 nitrogen and oxygen atoms in total. The maximum atomic E-state index is 2.38. The predicted molar refractivity (Wildman–Crippen MR) is 67.0 cm³/mol. The molecule has 0 aliphatic heterocycles. The maximum Gasteiger partial charge on any atom is 0.00369 e. The number of rotatable bonds is 0. The van der Waals surface area contributed by atoms with Crippen LogP contribution in [-0.2, 0) is 0 Å². The van der Waals surface area contributed by atoms with E-state index in [1.54, 1.807) is 5.57 Å². The molecule has 1 aromatic rings. The van der Waals surface area contributed by atoms with Crippen LogP contribution in [0.25, 0.3) is 6.08 Å². The van der Waals surface area contributed by atoms with E-state index in [0.717, 1.165) is 0 Å². The van der Waals surface area contributed by atoms with Gasteiger partial charge in [-0.05, 0) is 29.0 Å². The highest BCUT2D eigenvalue weighted by Gasteiger charge is 2.29. The SMILES string of the molecule is Cc1cccc2c1C(C)C(C(C)(C)C)=C2. The second-order valence-corrected chi connectivity index (χ2v) is 5.65. The summed E-state index contributed by atoms with van der Waals surface area (Å²) >= 11 is 0. The van der Waals surface area contributed by atoms with Crippen molar-refractivity contribution in [2.24, 2.45) is 5.41 Å². The molecule has 0 heteroatoms. The van der Waals surface area contributed by atoms with Crippen molar-refractivity contribution in [3.8, 4) is 0 Å². The Balaban J connectivity index is 2.53. The summed E-state index contributed by atoms with van der Waals surface area (Å²) in [5.74, 6) is 0.584. The molecular weight excluding hydrogens is 180 g/mol. The lowest BCUT2D eigenvalue weighted by atomic mass is 9.79. The minimum Gasteiger partial charge on any atom is -0.0614 e. The molecule has 0 amide bonds. The smallest absolute Gasteiger partial charge is 0.00369 e. The second kappa shape index (κ2) is 3.23. The topological polar surface area (TPSA) is 0 Å². The molecule has 2 rings (SSSR count). The zero-order valence-corrected chi connectivity index (χ0v) is 10.4. The zero-order chi connectivity index (χ0) is 11.2. The van der Waals surface area contributed by atoms with Crippen LogP contribution < -0.4 is 0 Å². The average Bonchev–Trinajstić information content (AvgIpc) is 2.44. The van der Waals surface area contributed by atoms with E-state index in [1.807, 2.05) is 0 Å². The van der Waals surface area contributed by atoms with E-state index >= 15 is 0 Å². The number of benzene rings is 1. The van der Waals surface area contributed by atoms with Crippen molar-refractivity contribution < 1.29 is 0 Å². The molecular formula is C15H20. The Labute approximate surface area is 93.0 Å². The molecule has 0 fully saturated rings. The van der Waals surface area contributed by atoms with E-state index in [4.69, 9.17) is 0 Å². The number of aryl methyl sites for hydroxylation is 1. The summed E-state index contributed by atoms with van der Waals surface area (Å²) in [6.45, 7) is 11.5. The summed E-state index contributed by atoms with van der Waals surface area (Å²) in [5, 5.41) is 0. The van der Waals surface area contributed by atoms with Crippen LogP contribution in [0.4, 0.5) is 0 Å². The van der Waals surface area contributed by atoms with Crippen molar-refractivity contribution in [1.29, 1.82) is 0 Å². The molecule has 0 saturated heterocycles. The highest BCUT2D eigenvalue weighted by molar-refractivity contribution is 5.69. The van der Waals surface area contributed by atoms with Gasteiger partial charge in [-0.1, -0.05) is 57.5 Å². The van der Waals surface area contributed by atoms with Gasteiger partial charge in [0.2, 0.25) is 0 Å². The third kappa shape index (κ3) is 1.62. The minimum atomic E-state index is 0.283. The van der Waals surface area contributed by atoms with Gasteiger partial charge in [-0.15, -0.1) is 0 Å². The van der Waals surface area contributed by atoms with E-state index in [2.05, 4.69) is 58.9 Å². The summed E-state index contributed by atoms with van der Waals surface area (Å²) < 4.78 is 0. The molecule has 0 radical (unpaired) electrons. The van der Waals surface area contributed by atoms with Gasteiger partial charge in [0.25, 0.3) is 0 Å². The van der Waals surface area contributed by atoms with Gasteiger partial charge in [0, 0.05) is 5.92 Å². The molecule has 1 unspecified atom stereocenters. The van der Waals surface area contributed by atoms with E-state index in [9.17, 15) is 0 Å². The first-order chi connectivity index (χ1) is 6.91. The van der Waals surface area contributed by atoms with E-state index in [0.29, 0.717) is 5.92 Å². The first-order valence-electron chi connectivity index (χ1n) is 5.73. The predicted octanol–water partition coefficient (Wildman–Crippen LogP) is 4.54. The maximum absolute atomic E-state index is 2.38. The lowest BCUT2D eigenvalue weighted by molar-refractivity contribution is 0.478. The highest BCUT2D eigenvalue weighted by atomic mass is 14.3. The van der Waals surface area contributed by atoms with Crippen LogP contribution >= 0.6 is 0 Å². The van der Waals surface area contributed by atoms with Crippen molar-refractivity contribution in [1.82, 2.24) is 0 Å². The largest absolute Gasteiger partial charge is 0.0614 e.